The molecule has 0 radical (unpaired) electrons. The van der Waals surface area contributed by atoms with Gasteiger partial charge in [-0.15, -0.1) is 21.5 Å². The summed E-state index contributed by atoms with van der Waals surface area (Å²) in [6, 6.07) is 7.43. The fourth-order valence-electron chi connectivity index (χ4n) is 1.77. The summed E-state index contributed by atoms with van der Waals surface area (Å²) in [5.41, 5.74) is 3.71. The van der Waals surface area contributed by atoms with Crippen LogP contribution >= 0.6 is 11.3 Å². The summed E-state index contributed by atoms with van der Waals surface area (Å²) in [6.45, 7) is 0. The smallest absolute Gasteiger partial charge is 0.275 e. The van der Waals surface area contributed by atoms with Gasteiger partial charge in [-0.1, -0.05) is 0 Å². The highest BCUT2D eigenvalue weighted by molar-refractivity contribution is 7.07. The third-order valence-electron chi connectivity index (χ3n) is 2.78. The number of benzene rings is 1. The molecule has 2 heterocycles. The van der Waals surface area contributed by atoms with Gasteiger partial charge in [-0.2, -0.15) is 0 Å². The SMILES string of the molecule is Cn1cnnc1-c1ccc(NC(=O)c2cscn2)cc1. The largest absolute Gasteiger partial charge is 0.321 e. The predicted octanol–water partition coefficient (Wildman–Crippen LogP) is 2.19. The van der Waals surface area contributed by atoms with E-state index < -0.39 is 0 Å². The number of thiazole rings is 1. The van der Waals surface area contributed by atoms with Crippen LogP contribution in [0.2, 0.25) is 0 Å². The van der Waals surface area contributed by atoms with Crippen LogP contribution in [-0.2, 0) is 7.05 Å². The molecule has 3 rings (SSSR count). The van der Waals surface area contributed by atoms with Gasteiger partial charge in [-0.05, 0) is 24.3 Å². The van der Waals surface area contributed by atoms with Crippen LogP contribution in [0, 0.1) is 0 Å². The molecule has 7 heteroatoms. The lowest BCUT2D eigenvalue weighted by Crippen LogP contribution is -2.11. The minimum Gasteiger partial charge on any atom is -0.321 e. The fourth-order valence-corrected chi connectivity index (χ4v) is 2.30. The van der Waals surface area contributed by atoms with Crippen LogP contribution in [0.5, 0.6) is 0 Å². The number of rotatable bonds is 3. The third-order valence-corrected chi connectivity index (χ3v) is 3.36. The quantitative estimate of drug-likeness (QED) is 0.800. The molecular formula is C13H11N5OS. The Kier molecular flexibility index (Phi) is 3.26. The minimum atomic E-state index is -0.211. The second kappa shape index (κ2) is 5.22. The first-order valence-electron chi connectivity index (χ1n) is 5.88. The average molecular weight is 285 g/mol. The van der Waals surface area contributed by atoms with E-state index in [4.69, 9.17) is 0 Å². The minimum absolute atomic E-state index is 0.211. The first-order chi connectivity index (χ1) is 9.74. The van der Waals surface area contributed by atoms with Crippen molar-refractivity contribution in [1.82, 2.24) is 19.7 Å². The molecule has 3 aromatic rings. The zero-order chi connectivity index (χ0) is 13.9. The molecule has 20 heavy (non-hydrogen) atoms. The first kappa shape index (κ1) is 12.5. The summed E-state index contributed by atoms with van der Waals surface area (Å²) in [6.07, 6.45) is 1.65. The Labute approximate surface area is 119 Å². The lowest BCUT2D eigenvalue weighted by molar-refractivity contribution is 0.102. The van der Waals surface area contributed by atoms with Crippen LogP contribution in [0.25, 0.3) is 11.4 Å². The number of hydrogen-bond donors (Lipinski definition) is 1. The van der Waals surface area contributed by atoms with Crippen molar-refractivity contribution in [3.05, 3.63) is 47.2 Å². The van der Waals surface area contributed by atoms with E-state index in [-0.39, 0.29) is 5.91 Å². The van der Waals surface area contributed by atoms with Crippen LogP contribution in [0.1, 0.15) is 10.5 Å². The lowest BCUT2D eigenvalue weighted by atomic mass is 10.2. The molecule has 0 aliphatic heterocycles. The lowest BCUT2D eigenvalue weighted by Gasteiger charge is -2.05. The van der Waals surface area contributed by atoms with Crippen molar-refractivity contribution < 1.29 is 4.79 Å². The van der Waals surface area contributed by atoms with Gasteiger partial charge in [0.1, 0.15) is 12.0 Å². The Morgan fingerprint density at radius 2 is 2.10 bits per heavy atom. The van der Waals surface area contributed by atoms with E-state index in [1.165, 1.54) is 11.3 Å². The second-order valence-corrected chi connectivity index (χ2v) is 4.89. The van der Waals surface area contributed by atoms with Crippen molar-refractivity contribution in [2.45, 2.75) is 0 Å². The Hall–Kier alpha value is -2.54. The van der Waals surface area contributed by atoms with Gasteiger partial charge in [0.15, 0.2) is 5.82 Å². The number of nitrogens with zero attached hydrogens (tertiary/aromatic N) is 4. The van der Waals surface area contributed by atoms with Crippen molar-refractivity contribution in [1.29, 1.82) is 0 Å². The molecule has 0 bridgehead atoms. The van der Waals surface area contributed by atoms with Gasteiger partial charge in [0.05, 0.1) is 5.51 Å². The van der Waals surface area contributed by atoms with Crippen molar-refractivity contribution in [3.8, 4) is 11.4 Å². The predicted molar refractivity (Wildman–Crippen MR) is 76.5 cm³/mol. The molecule has 1 N–H and O–H groups in total. The number of carbonyl (C=O) groups is 1. The molecule has 0 saturated carbocycles. The molecule has 0 spiro atoms. The fraction of sp³-hybridized carbons (Fsp3) is 0.0769. The molecule has 0 aliphatic rings. The van der Waals surface area contributed by atoms with Crippen molar-refractivity contribution >= 4 is 22.9 Å². The van der Waals surface area contributed by atoms with Crippen molar-refractivity contribution in [3.63, 3.8) is 0 Å². The third kappa shape index (κ3) is 2.43. The van der Waals surface area contributed by atoms with Crippen LogP contribution in [0.4, 0.5) is 5.69 Å². The molecule has 0 saturated heterocycles. The van der Waals surface area contributed by atoms with E-state index in [0.29, 0.717) is 11.4 Å². The second-order valence-electron chi connectivity index (χ2n) is 4.17. The van der Waals surface area contributed by atoms with Gasteiger partial charge < -0.3 is 9.88 Å². The van der Waals surface area contributed by atoms with E-state index in [1.807, 2.05) is 35.9 Å². The summed E-state index contributed by atoms with van der Waals surface area (Å²) < 4.78 is 1.84. The molecule has 0 aliphatic carbocycles. The number of aromatic nitrogens is 4. The molecule has 1 amide bonds. The first-order valence-corrected chi connectivity index (χ1v) is 6.82. The summed E-state index contributed by atoms with van der Waals surface area (Å²) in [7, 11) is 1.88. The van der Waals surface area contributed by atoms with Gasteiger partial charge in [0, 0.05) is 23.7 Å². The van der Waals surface area contributed by atoms with Gasteiger partial charge in [-0.25, -0.2) is 4.98 Å². The van der Waals surface area contributed by atoms with E-state index >= 15 is 0 Å². The van der Waals surface area contributed by atoms with Crippen LogP contribution < -0.4 is 5.32 Å². The van der Waals surface area contributed by atoms with E-state index in [1.54, 1.807) is 17.2 Å². The zero-order valence-corrected chi connectivity index (χ0v) is 11.5. The topological polar surface area (TPSA) is 72.7 Å². The maximum atomic E-state index is 11.8. The highest BCUT2D eigenvalue weighted by atomic mass is 32.1. The standard InChI is InChI=1S/C13H11N5OS/c1-18-7-15-17-12(18)9-2-4-10(5-3-9)16-13(19)11-6-20-8-14-11/h2-8H,1H3,(H,16,19). The number of aryl methyl sites for hydroxylation is 1. The van der Waals surface area contributed by atoms with Crippen LogP contribution in [0.15, 0.2) is 41.5 Å². The Morgan fingerprint density at radius 3 is 2.70 bits per heavy atom. The van der Waals surface area contributed by atoms with Gasteiger partial charge in [-0.3, -0.25) is 4.79 Å². The van der Waals surface area contributed by atoms with Crippen molar-refractivity contribution in [2.75, 3.05) is 5.32 Å². The molecule has 0 unspecified atom stereocenters. The summed E-state index contributed by atoms with van der Waals surface area (Å²) in [5.74, 6) is 0.569. The van der Waals surface area contributed by atoms with Crippen molar-refractivity contribution in [2.24, 2.45) is 7.05 Å². The van der Waals surface area contributed by atoms with Crippen LogP contribution in [0.3, 0.4) is 0 Å². The number of anilines is 1. The number of hydrogen-bond acceptors (Lipinski definition) is 5. The molecule has 0 fully saturated rings. The average Bonchev–Trinajstić information content (AvgIpc) is 3.11. The highest BCUT2D eigenvalue weighted by Gasteiger charge is 2.08. The molecule has 6 nitrogen and oxygen atoms in total. The summed E-state index contributed by atoms with van der Waals surface area (Å²) in [5, 5.41) is 12.4. The van der Waals surface area contributed by atoms with Crippen LogP contribution in [-0.4, -0.2) is 25.7 Å². The molecule has 2 aromatic heterocycles. The number of amides is 1. The van der Waals surface area contributed by atoms with Gasteiger partial charge in [0.25, 0.3) is 5.91 Å². The molecule has 1 aromatic carbocycles. The normalized spacial score (nSPS) is 10.4. The Balaban J connectivity index is 1.77. The molecular weight excluding hydrogens is 274 g/mol. The zero-order valence-electron chi connectivity index (χ0n) is 10.6. The number of nitrogens with one attached hydrogen (secondary N) is 1. The van der Waals surface area contributed by atoms with E-state index in [2.05, 4.69) is 20.5 Å². The Bertz CT molecular complexity index is 718. The maximum Gasteiger partial charge on any atom is 0.275 e. The highest BCUT2D eigenvalue weighted by Crippen LogP contribution is 2.19. The summed E-state index contributed by atoms with van der Waals surface area (Å²) in [4.78, 5) is 15.8. The van der Waals surface area contributed by atoms with Gasteiger partial charge >= 0.3 is 0 Å². The summed E-state index contributed by atoms with van der Waals surface area (Å²) >= 11 is 1.39. The Morgan fingerprint density at radius 1 is 1.30 bits per heavy atom. The monoisotopic (exact) mass is 285 g/mol. The van der Waals surface area contributed by atoms with Gasteiger partial charge in [0.2, 0.25) is 0 Å². The molecule has 0 atom stereocenters. The maximum absolute atomic E-state index is 11.8. The van der Waals surface area contributed by atoms with E-state index in [0.717, 1.165) is 11.4 Å². The number of carbonyl (C=O) groups excluding carboxylic acids is 1. The van der Waals surface area contributed by atoms with E-state index in [9.17, 15) is 4.79 Å². The molecule has 100 valence electrons.